The van der Waals surface area contributed by atoms with Crippen molar-refractivity contribution >= 4 is 44.9 Å². The summed E-state index contributed by atoms with van der Waals surface area (Å²) in [6.07, 6.45) is 1.66. The third-order valence-corrected chi connectivity index (χ3v) is 6.79. The number of thioether (sulfide) groups is 1. The molecule has 0 spiro atoms. The van der Waals surface area contributed by atoms with Crippen LogP contribution in [0.15, 0.2) is 88.6 Å². The maximum atomic E-state index is 13.3. The van der Waals surface area contributed by atoms with E-state index in [1.165, 1.54) is 23.1 Å². The summed E-state index contributed by atoms with van der Waals surface area (Å²) in [5, 5.41) is 5.34. The summed E-state index contributed by atoms with van der Waals surface area (Å²) in [7, 11) is 0. The van der Waals surface area contributed by atoms with Crippen molar-refractivity contribution in [3.8, 4) is 0 Å². The molecule has 2 heterocycles. The normalized spacial score (nSPS) is 11.9. The molecule has 0 fully saturated rings. The maximum absolute atomic E-state index is 13.3. The molecule has 0 aliphatic rings. The van der Waals surface area contributed by atoms with Crippen LogP contribution in [0.2, 0.25) is 0 Å². The van der Waals surface area contributed by atoms with Crippen molar-refractivity contribution in [2.45, 2.75) is 23.9 Å². The quantitative estimate of drug-likeness (QED) is 0.233. The number of amides is 1. The molecule has 1 amide bonds. The van der Waals surface area contributed by atoms with E-state index in [4.69, 9.17) is 4.98 Å². The van der Waals surface area contributed by atoms with Crippen LogP contribution >= 0.6 is 23.1 Å². The number of aryl methyl sites for hydroxylation is 1. The highest BCUT2D eigenvalue weighted by Crippen LogP contribution is 2.36. The Kier molecular flexibility index (Phi) is 6.34. The molecule has 156 valence electrons. The third-order valence-electron chi connectivity index (χ3n) is 4.74. The molecule has 1 unspecified atom stereocenters. The minimum atomic E-state index is -0.581. The van der Waals surface area contributed by atoms with Crippen LogP contribution in [0.25, 0.3) is 10.2 Å². The molecule has 2 aromatic heterocycles. The van der Waals surface area contributed by atoms with Gasteiger partial charge in [-0.15, -0.1) is 17.9 Å². The van der Waals surface area contributed by atoms with E-state index in [0.29, 0.717) is 21.9 Å². The first-order chi connectivity index (χ1) is 15.1. The smallest absolute Gasteiger partial charge is 0.263 e. The minimum absolute atomic E-state index is 0.126. The number of allylic oxidation sites excluding steroid dienone is 1. The molecular formula is C24H21N3O2S2. The van der Waals surface area contributed by atoms with Crippen LogP contribution in [0.1, 0.15) is 16.4 Å². The van der Waals surface area contributed by atoms with Gasteiger partial charge >= 0.3 is 0 Å². The Labute approximate surface area is 188 Å². The Balaban J connectivity index is 1.74. The average Bonchev–Trinajstić information content (AvgIpc) is 3.25. The molecule has 0 saturated carbocycles. The highest BCUT2D eigenvalue weighted by Gasteiger charge is 2.25. The van der Waals surface area contributed by atoms with Gasteiger partial charge in [0.25, 0.3) is 5.56 Å². The molecule has 0 aliphatic heterocycles. The highest BCUT2D eigenvalue weighted by atomic mass is 32.2. The molecule has 0 aliphatic carbocycles. The molecule has 4 rings (SSSR count). The summed E-state index contributed by atoms with van der Waals surface area (Å²) in [5.74, 6) is -0.175. The molecule has 2 aromatic carbocycles. The maximum Gasteiger partial charge on any atom is 0.263 e. The monoisotopic (exact) mass is 447 g/mol. The number of thiophene rings is 1. The zero-order valence-electron chi connectivity index (χ0n) is 16.9. The van der Waals surface area contributed by atoms with Gasteiger partial charge in [0.05, 0.1) is 5.39 Å². The number of hydrogen-bond donors (Lipinski definition) is 1. The van der Waals surface area contributed by atoms with E-state index >= 15 is 0 Å². The molecule has 0 bridgehead atoms. The standard InChI is InChI=1S/C24H21N3O2S2/c1-3-14-27-23(29)19-13-15-30-22(19)26-24(27)31-20(17-7-5-4-6-8-17)21(28)25-18-11-9-16(2)10-12-18/h3-13,15,20H,1,14H2,2H3,(H,25,28). The van der Waals surface area contributed by atoms with Crippen LogP contribution in [0.4, 0.5) is 5.69 Å². The Hall–Kier alpha value is -3.16. The number of rotatable bonds is 7. The number of nitrogens with one attached hydrogen (secondary N) is 1. The van der Waals surface area contributed by atoms with E-state index in [1.54, 1.807) is 16.7 Å². The molecule has 1 N–H and O–H groups in total. The number of nitrogens with zero attached hydrogens (tertiary/aromatic N) is 2. The third kappa shape index (κ3) is 4.62. The summed E-state index contributed by atoms with van der Waals surface area (Å²) < 4.78 is 1.57. The number of hydrogen-bond acceptors (Lipinski definition) is 5. The van der Waals surface area contributed by atoms with Gasteiger partial charge in [-0.25, -0.2) is 4.98 Å². The van der Waals surface area contributed by atoms with E-state index in [0.717, 1.165) is 16.8 Å². The Bertz CT molecular complexity index is 1280. The number of carbonyl (C=O) groups is 1. The van der Waals surface area contributed by atoms with Crippen molar-refractivity contribution in [2.24, 2.45) is 0 Å². The zero-order valence-corrected chi connectivity index (χ0v) is 18.6. The number of fused-ring (bicyclic) bond motifs is 1. The van der Waals surface area contributed by atoms with Gasteiger partial charge in [0.15, 0.2) is 5.16 Å². The number of aromatic nitrogens is 2. The predicted octanol–water partition coefficient (Wildman–Crippen LogP) is 5.42. The van der Waals surface area contributed by atoms with Gasteiger partial charge in [0.1, 0.15) is 10.1 Å². The Morgan fingerprint density at radius 2 is 1.94 bits per heavy atom. The van der Waals surface area contributed by atoms with Gasteiger partial charge in [-0.2, -0.15) is 0 Å². The van der Waals surface area contributed by atoms with Crippen molar-refractivity contribution in [2.75, 3.05) is 5.32 Å². The van der Waals surface area contributed by atoms with E-state index < -0.39 is 5.25 Å². The van der Waals surface area contributed by atoms with Gasteiger partial charge in [-0.05, 0) is 36.1 Å². The van der Waals surface area contributed by atoms with Crippen molar-refractivity contribution in [1.29, 1.82) is 0 Å². The number of anilines is 1. The van der Waals surface area contributed by atoms with Gasteiger partial charge in [0.2, 0.25) is 5.91 Å². The SMILES string of the molecule is C=CCn1c(SC(C(=O)Nc2ccc(C)cc2)c2ccccc2)nc2sccc2c1=O. The van der Waals surface area contributed by atoms with E-state index in [-0.39, 0.29) is 11.5 Å². The van der Waals surface area contributed by atoms with Gasteiger partial charge in [0, 0.05) is 12.2 Å². The predicted molar refractivity (Wildman–Crippen MR) is 129 cm³/mol. The fourth-order valence-corrected chi connectivity index (χ4v) is 5.07. The van der Waals surface area contributed by atoms with Crippen LogP contribution in [-0.2, 0) is 11.3 Å². The van der Waals surface area contributed by atoms with Gasteiger partial charge in [-0.3, -0.25) is 14.2 Å². The van der Waals surface area contributed by atoms with Crippen LogP contribution in [0.5, 0.6) is 0 Å². The van der Waals surface area contributed by atoms with Crippen LogP contribution < -0.4 is 10.9 Å². The lowest BCUT2D eigenvalue weighted by Crippen LogP contribution is -2.24. The average molecular weight is 448 g/mol. The van der Waals surface area contributed by atoms with Crippen molar-refractivity contribution in [3.05, 3.63) is 100 Å². The van der Waals surface area contributed by atoms with Gasteiger partial charge in [-0.1, -0.05) is 65.9 Å². The molecule has 5 nitrogen and oxygen atoms in total. The fourth-order valence-electron chi connectivity index (χ4n) is 3.16. The van der Waals surface area contributed by atoms with E-state index in [1.807, 2.05) is 66.9 Å². The molecule has 1 atom stereocenters. The lowest BCUT2D eigenvalue weighted by molar-refractivity contribution is -0.115. The first-order valence-corrected chi connectivity index (χ1v) is 11.5. The fraction of sp³-hybridized carbons (Fsp3) is 0.125. The topological polar surface area (TPSA) is 64.0 Å². The van der Waals surface area contributed by atoms with E-state index in [2.05, 4.69) is 11.9 Å². The molecule has 7 heteroatoms. The molecule has 0 radical (unpaired) electrons. The number of benzene rings is 2. The second kappa shape index (κ2) is 9.32. The summed E-state index contributed by atoms with van der Waals surface area (Å²) in [6.45, 7) is 6.09. The summed E-state index contributed by atoms with van der Waals surface area (Å²) in [5.41, 5.74) is 2.55. The molecule has 0 saturated heterocycles. The summed E-state index contributed by atoms with van der Waals surface area (Å²) in [6, 6.07) is 19.0. The lowest BCUT2D eigenvalue weighted by Gasteiger charge is -2.18. The highest BCUT2D eigenvalue weighted by molar-refractivity contribution is 8.00. The van der Waals surface area contributed by atoms with Crippen LogP contribution in [0.3, 0.4) is 0 Å². The van der Waals surface area contributed by atoms with Crippen molar-refractivity contribution in [3.63, 3.8) is 0 Å². The van der Waals surface area contributed by atoms with Crippen molar-refractivity contribution < 1.29 is 4.79 Å². The molecule has 31 heavy (non-hydrogen) atoms. The van der Waals surface area contributed by atoms with Crippen molar-refractivity contribution in [1.82, 2.24) is 9.55 Å². The molecule has 4 aromatic rings. The second-order valence-corrected chi connectivity index (χ2v) is 8.97. The lowest BCUT2D eigenvalue weighted by atomic mass is 10.1. The Morgan fingerprint density at radius 3 is 2.65 bits per heavy atom. The number of carbonyl (C=O) groups excluding carboxylic acids is 1. The Morgan fingerprint density at radius 1 is 1.19 bits per heavy atom. The minimum Gasteiger partial charge on any atom is -0.325 e. The second-order valence-electron chi connectivity index (χ2n) is 7.00. The first kappa shape index (κ1) is 21.1. The molecular weight excluding hydrogens is 426 g/mol. The zero-order chi connectivity index (χ0) is 21.8. The van der Waals surface area contributed by atoms with E-state index in [9.17, 15) is 9.59 Å². The summed E-state index contributed by atoms with van der Waals surface area (Å²) in [4.78, 5) is 31.6. The van der Waals surface area contributed by atoms with Crippen LogP contribution in [0, 0.1) is 6.92 Å². The van der Waals surface area contributed by atoms with Gasteiger partial charge < -0.3 is 5.32 Å². The largest absolute Gasteiger partial charge is 0.325 e. The summed E-state index contributed by atoms with van der Waals surface area (Å²) >= 11 is 2.68. The first-order valence-electron chi connectivity index (χ1n) is 9.75. The van der Waals surface area contributed by atoms with Crippen LogP contribution in [-0.4, -0.2) is 15.5 Å².